The van der Waals surface area contributed by atoms with Gasteiger partial charge in [0.1, 0.15) is 5.15 Å². The third kappa shape index (κ3) is 3.74. The molecule has 0 amide bonds. The maximum absolute atomic E-state index is 5.71. The lowest BCUT2D eigenvalue weighted by Crippen LogP contribution is -2.32. The van der Waals surface area contributed by atoms with Gasteiger partial charge in [0.25, 0.3) is 0 Å². The van der Waals surface area contributed by atoms with E-state index >= 15 is 0 Å². The fraction of sp³-hybridized carbons (Fsp3) is 0.583. The number of piperidine rings is 1. The summed E-state index contributed by atoms with van der Waals surface area (Å²) < 4.78 is 5.68. The highest BCUT2D eigenvalue weighted by Crippen LogP contribution is 2.12. The number of aromatic nitrogens is 1. The summed E-state index contributed by atoms with van der Waals surface area (Å²) in [7, 11) is 0. The maximum atomic E-state index is 5.71. The Morgan fingerprint density at radius 3 is 3.12 bits per heavy atom. The Kier molecular flexibility index (Phi) is 4.57. The van der Waals surface area contributed by atoms with Crippen molar-refractivity contribution in [3.8, 4) is 0 Å². The number of nitrogens with zero attached hydrogens (tertiary/aromatic N) is 1. The zero-order valence-electron chi connectivity index (χ0n) is 9.29. The van der Waals surface area contributed by atoms with E-state index in [2.05, 4.69) is 10.3 Å². The second-order valence-corrected chi connectivity index (χ2v) is 4.60. The van der Waals surface area contributed by atoms with Gasteiger partial charge in [-0.15, -0.1) is 0 Å². The molecular formula is C12H17ClN2O. The van der Waals surface area contributed by atoms with Crippen LogP contribution in [-0.2, 0) is 11.3 Å². The topological polar surface area (TPSA) is 34.1 Å². The van der Waals surface area contributed by atoms with Crippen molar-refractivity contribution >= 4 is 11.6 Å². The zero-order chi connectivity index (χ0) is 11.2. The standard InChI is InChI=1S/C12H17ClN2O/c13-12-4-3-11(7-15-12)9-16-8-10-2-1-5-14-6-10/h3-4,7,10,14H,1-2,5-6,8-9H2/t10-/m0/s1. The van der Waals surface area contributed by atoms with Crippen LogP contribution in [0.25, 0.3) is 0 Å². The van der Waals surface area contributed by atoms with Gasteiger partial charge in [0.05, 0.1) is 13.2 Å². The molecule has 0 unspecified atom stereocenters. The van der Waals surface area contributed by atoms with Crippen LogP contribution in [-0.4, -0.2) is 24.7 Å². The lowest BCUT2D eigenvalue weighted by Gasteiger charge is -2.22. The minimum Gasteiger partial charge on any atom is -0.376 e. The summed E-state index contributed by atoms with van der Waals surface area (Å²) in [6, 6.07) is 3.75. The second-order valence-electron chi connectivity index (χ2n) is 4.22. The quantitative estimate of drug-likeness (QED) is 0.820. The van der Waals surface area contributed by atoms with Crippen molar-refractivity contribution in [1.82, 2.24) is 10.3 Å². The first-order chi connectivity index (χ1) is 7.84. The summed E-state index contributed by atoms with van der Waals surface area (Å²) in [5, 5.41) is 3.91. The van der Waals surface area contributed by atoms with Crippen molar-refractivity contribution in [2.24, 2.45) is 5.92 Å². The van der Waals surface area contributed by atoms with Gasteiger partial charge in [0.15, 0.2) is 0 Å². The molecule has 0 bridgehead atoms. The molecule has 3 nitrogen and oxygen atoms in total. The number of pyridine rings is 1. The molecule has 1 fully saturated rings. The normalized spacial score (nSPS) is 20.9. The first-order valence-corrected chi connectivity index (χ1v) is 6.11. The Labute approximate surface area is 101 Å². The molecule has 4 heteroatoms. The molecular weight excluding hydrogens is 224 g/mol. The first kappa shape index (κ1) is 11.8. The van der Waals surface area contributed by atoms with E-state index in [4.69, 9.17) is 16.3 Å². The minimum atomic E-state index is 0.528. The van der Waals surface area contributed by atoms with Crippen LogP contribution in [0.4, 0.5) is 0 Å². The van der Waals surface area contributed by atoms with Crippen LogP contribution in [0, 0.1) is 5.92 Å². The van der Waals surface area contributed by atoms with E-state index in [0.29, 0.717) is 17.7 Å². The minimum absolute atomic E-state index is 0.528. The molecule has 1 atom stereocenters. The largest absolute Gasteiger partial charge is 0.376 e. The van der Waals surface area contributed by atoms with E-state index in [1.54, 1.807) is 12.3 Å². The summed E-state index contributed by atoms with van der Waals surface area (Å²) in [5.41, 5.74) is 1.08. The molecule has 2 heterocycles. The predicted octanol–water partition coefficient (Wildman–Crippen LogP) is 2.25. The maximum Gasteiger partial charge on any atom is 0.129 e. The monoisotopic (exact) mass is 240 g/mol. The van der Waals surface area contributed by atoms with Gasteiger partial charge >= 0.3 is 0 Å². The van der Waals surface area contributed by atoms with Crippen LogP contribution < -0.4 is 5.32 Å². The van der Waals surface area contributed by atoms with Crippen molar-refractivity contribution < 1.29 is 4.74 Å². The van der Waals surface area contributed by atoms with Crippen molar-refractivity contribution in [3.05, 3.63) is 29.0 Å². The summed E-state index contributed by atoms with van der Waals surface area (Å²) >= 11 is 5.71. The van der Waals surface area contributed by atoms with Crippen molar-refractivity contribution in [1.29, 1.82) is 0 Å². The summed E-state index contributed by atoms with van der Waals surface area (Å²) in [5.74, 6) is 0.661. The van der Waals surface area contributed by atoms with Crippen molar-refractivity contribution in [2.45, 2.75) is 19.4 Å². The molecule has 0 saturated carbocycles. The number of rotatable bonds is 4. The number of hydrogen-bond acceptors (Lipinski definition) is 3. The highest BCUT2D eigenvalue weighted by Gasteiger charge is 2.12. The van der Waals surface area contributed by atoms with Crippen molar-refractivity contribution in [2.75, 3.05) is 19.7 Å². The van der Waals surface area contributed by atoms with E-state index in [-0.39, 0.29) is 0 Å². The Bertz CT molecular complexity index is 309. The number of ether oxygens (including phenoxy) is 1. The molecule has 0 aliphatic carbocycles. The molecule has 88 valence electrons. The van der Waals surface area contributed by atoms with Crippen LogP contribution in [0.2, 0.25) is 5.15 Å². The highest BCUT2D eigenvalue weighted by atomic mass is 35.5. The summed E-state index contributed by atoms with van der Waals surface area (Å²) in [6.07, 6.45) is 4.30. The average molecular weight is 241 g/mol. The lowest BCUT2D eigenvalue weighted by molar-refractivity contribution is 0.0781. The molecule has 1 aliphatic heterocycles. The van der Waals surface area contributed by atoms with Crippen molar-refractivity contribution in [3.63, 3.8) is 0 Å². The molecule has 0 aromatic carbocycles. The van der Waals surface area contributed by atoms with Gasteiger partial charge in [-0.1, -0.05) is 17.7 Å². The van der Waals surface area contributed by atoms with Crippen LogP contribution in [0.1, 0.15) is 18.4 Å². The van der Waals surface area contributed by atoms with Gasteiger partial charge < -0.3 is 10.1 Å². The van der Waals surface area contributed by atoms with Gasteiger partial charge in [-0.3, -0.25) is 0 Å². The van der Waals surface area contributed by atoms with Crippen LogP contribution in [0.5, 0.6) is 0 Å². The third-order valence-corrected chi connectivity index (χ3v) is 3.03. The summed E-state index contributed by atoms with van der Waals surface area (Å²) in [4.78, 5) is 4.02. The molecule has 0 spiro atoms. The fourth-order valence-corrected chi connectivity index (χ4v) is 2.01. The Morgan fingerprint density at radius 1 is 1.50 bits per heavy atom. The number of hydrogen-bond donors (Lipinski definition) is 1. The third-order valence-electron chi connectivity index (χ3n) is 2.81. The van der Waals surface area contributed by atoms with Gasteiger partial charge in [0, 0.05) is 12.7 Å². The van der Waals surface area contributed by atoms with Crippen LogP contribution in [0.3, 0.4) is 0 Å². The Morgan fingerprint density at radius 2 is 2.44 bits per heavy atom. The number of halogens is 1. The summed E-state index contributed by atoms with van der Waals surface area (Å²) in [6.45, 7) is 3.69. The second kappa shape index (κ2) is 6.18. The highest BCUT2D eigenvalue weighted by molar-refractivity contribution is 6.29. The Balaban J connectivity index is 1.69. The average Bonchev–Trinajstić information content (AvgIpc) is 2.33. The molecule has 1 aromatic heterocycles. The smallest absolute Gasteiger partial charge is 0.129 e. The van der Waals surface area contributed by atoms with E-state index < -0.39 is 0 Å². The van der Waals surface area contributed by atoms with Gasteiger partial charge in [-0.25, -0.2) is 4.98 Å². The SMILES string of the molecule is Clc1ccc(COC[C@H]2CCCNC2)cn1. The van der Waals surface area contributed by atoms with Crippen LogP contribution >= 0.6 is 11.6 Å². The molecule has 16 heavy (non-hydrogen) atoms. The van der Waals surface area contributed by atoms with Crippen LogP contribution in [0.15, 0.2) is 18.3 Å². The van der Waals surface area contributed by atoms with E-state index in [1.807, 2.05) is 6.07 Å². The van der Waals surface area contributed by atoms with Gasteiger partial charge in [-0.05, 0) is 36.9 Å². The fourth-order valence-electron chi connectivity index (χ4n) is 1.90. The van der Waals surface area contributed by atoms with E-state index in [1.165, 1.54) is 12.8 Å². The van der Waals surface area contributed by atoms with Gasteiger partial charge in [0.2, 0.25) is 0 Å². The van der Waals surface area contributed by atoms with E-state index in [0.717, 1.165) is 25.3 Å². The molecule has 2 rings (SSSR count). The first-order valence-electron chi connectivity index (χ1n) is 5.73. The van der Waals surface area contributed by atoms with E-state index in [9.17, 15) is 0 Å². The lowest BCUT2D eigenvalue weighted by atomic mass is 10.0. The Hall–Kier alpha value is -0.640. The molecule has 1 aliphatic rings. The number of nitrogens with one attached hydrogen (secondary N) is 1. The molecule has 1 saturated heterocycles. The molecule has 1 aromatic rings. The van der Waals surface area contributed by atoms with Gasteiger partial charge in [-0.2, -0.15) is 0 Å². The zero-order valence-corrected chi connectivity index (χ0v) is 10.0. The predicted molar refractivity (Wildman–Crippen MR) is 64.5 cm³/mol. The molecule has 0 radical (unpaired) electrons. The molecule has 1 N–H and O–H groups in total.